The maximum Gasteiger partial charge on any atom is 0.306 e. The molecule has 2 aromatic heterocycles. The zero-order valence-electron chi connectivity index (χ0n) is 13.9. The minimum atomic E-state index is -0.540. The van der Waals surface area contributed by atoms with Gasteiger partial charge in [-0.3, -0.25) is 24.3 Å². The molecule has 0 aliphatic heterocycles. The van der Waals surface area contributed by atoms with Crippen LogP contribution in [-0.4, -0.2) is 30.4 Å². The maximum atomic E-state index is 12.0. The number of rotatable bonds is 7. The van der Waals surface area contributed by atoms with Gasteiger partial charge in [0, 0.05) is 40.8 Å². The highest BCUT2D eigenvalue weighted by Gasteiger charge is 2.11. The molecule has 0 spiro atoms. The number of nitrogens with one attached hydrogen (secondary N) is 1. The molecule has 0 aliphatic carbocycles. The van der Waals surface area contributed by atoms with Crippen LogP contribution < -0.4 is 5.32 Å². The summed E-state index contributed by atoms with van der Waals surface area (Å²) in [4.78, 5) is 22.1. The number of nitrogens with zero attached hydrogens (tertiary/aromatic N) is 5. The van der Waals surface area contributed by atoms with Crippen molar-refractivity contribution in [3.05, 3.63) is 68.6 Å². The first-order valence-electron chi connectivity index (χ1n) is 7.85. The fraction of sp³-hybridized carbons (Fsp3) is 0.188. The molecule has 0 radical (unpaired) electrons. The first kappa shape index (κ1) is 18.9. The lowest BCUT2D eigenvalue weighted by atomic mass is 10.2. The van der Waals surface area contributed by atoms with Gasteiger partial charge >= 0.3 is 5.69 Å². The molecule has 1 aromatic carbocycles. The van der Waals surface area contributed by atoms with Crippen LogP contribution in [0.15, 0.2) is 42.9 Å². The first-order valence-corrected chi connectivity index (χ1v) is 8.61. The summed E-state index contributed by atoms with van der Waals surface area (Å²) in [5.74, 6) is 0.101. The standard InChI is InChI=1S/C16H14Cl2N6O3/c17-13-2-1-3-14(18)12(13)10-23-6-4-15(21-23)20-16(25)5-7-22-9-11(8-19-22)24(26)27/h1-4,6,8-9H,5,7,10H2,(H,20,21,25). The molecule has 9 nitrogen and oxygen atoms in total. The number of hydrogen-bond donors (Lipinski definition) is 1. The van der Waals surface area contributed by atoms with Crippen LogP contribution >= 0.6 is 23.2 Å². The van der Waals surface area contributed by atoms with Crippen molar-refractivity contribution in [2.45, 2.75) is 19.5 Å². The third-order valence-corrected chi connectivity index (χ3v) is 4.40. The van der Waals surface area contributed by atoms with Crippen LogP contribution in [0, 0.1) is 10.1 Å². The summed E-state index contributed by atoms with van der Waals surface area (Å²) < 4.78 is 2.95. The smallest absolute Gasteiger partial charge is 0.306 e. The second kappa shape index (κ2) is 8.19. The fourth-order valence-electron chi connectivity index (χ4n) is 2.35. The van der Waals surface area contributed by atoms with Gasteiger partial charge in [-0.15, -0.1) is 0 Å². The molecule has 0 bridgehead atoms. The Morgan fingerprint density at radius 2 is 1.96 bits per heavy atom. The Balaban J connectivity index is 1.55. The second-order valence-electron chi connectivity index (χ2n) is 5.62. The Kier molecular flexibility index (Phi) is 5.72. The molecule has 2 heterocycles. The summed E-state index contributed by atoms with van der Waals surface area (Å²) in [6, 6.07) is 6.90. The van der Waals surface area contributed by atoms with E-state index in [1.807, 2.05) is 0 Å². The van der Waals surface area contributed by atoms with Crippen molar-refractivity contribution in [2.75, 3.05) is 5.32 Å². The van der Waals surface area contributed by atoms with Crippen LogP contribution in [0.25, 0.3) is 0 Å². The van der Waals surface area contributed by atoms with E-state index in [4.69, 9.17) is 23.2 Å². The van der Waals surface area contributed by atoms with Crippen molar-refractivity contribution in [3.8, 4) is 0 Å². The number of anilines is 1. The SMILES string of the molecule is O=C(CCn1cc([N+](=O)[O-])cn1)Nc1ccn(Cc2c(Cl)cccc2Cl)n1. The summed E-state index contributed by atoms with van der Waals surface area (Å²) in [5.41, 5.74) is 0.620. The van der Waals surface area contributed by atoms with Gasteiger partial charge in [0.05, 0.1) is 11.5 Å². The average molecular weight is 409 g/mol. The average Bonchev–Trinajstić information content (AvgIpc) is 3.26. The van der Waals surface area contributed by atoms with E-state index >= 15 is 0 Å². The number of aromatic nitrogens is 4. The Morgan fingerprint density at radius 1 is 1.22 bits per heavy atom. The Bertz CT molecular complexity index is 964. The van der Waals surface area contributed by atoms with Crippen molar-refractivity contribution in [2.24, 2.45) is 0 Å². The predicted molar refractivity (Wildman–Crippen MR) is 99.9 cm³/mol. The fourth-order valence-corrected chi connectivity index (χ4v) is 2.87. The number of benzene rings is 1. The van der Waals surface area contributed by atoms with Crippen LogP contribution in [0.1, 0.15) is 12.0 Å². The molecular weight excluding hydrogens is 395 g/mol. The molecule has 11 heteroatoms. The predicted octanol–water partition coefficient (Wildman–Crippen LogP) is 3.37. The van der Waals surface area contributed by atoms with E-state index in [0.717, 1.165) is 11.8 Å². The van der Waals surface area contributed by atoms with Crippen molar-refractivity contribution >= 4 is 40.6 Å². The second-order valence-corrected chi connectivity index (χ2v) is 6.43. The maximum absolute atomic E-state index is 12.0. The number of carbonyl (C=O) groups is 1. The normalized spacial score (nSPS) is 10.7. The largest absolute Gasteiger partial charge is 0.309 e. The molecule has 1 amide bonds. The number of nitro groups is 1. The van der Waals surface area contributed by atoms with E-state index in [9.17, 15) is 14.9 Å². The van der Waals surface area contributed by atoms with Gasteiger partial charge in [-0.05, 0) is 12.1 Å². The van der Waals surface area contributed by atoms with Gasteiger partial charge < -0.3 is 5.32 Å². The van der Waals surface area contributed by atoms with Crippen molar-refractivity contribution in [1.82, 2.24) is 19.6 Å². The van der Waals surface area contributed by atoms with Crippen LogP contribution in [0.3, 0.4) is 0 Å². The molecule has 0 saturated heterocycles. The summed E-state index contributed by atoms with van der Waals surface area (Å²) in [5, 5.41) is 22.5. The highest BCUT2D eigenvalue weighted by molar-refractivity contribution is 6.35. The molecule has 0 atom stereocenters. The summed E-state index contributed by atoms with van der Waals surface area (Å²) in [7, 11) is 0. The van der Waals surface area contributed by atoms with Gasteiger partial charge in [0.15, 0.2) is 5.82 Å². The monoisotopic (exact) mass is 408 g/mol. The van der Waals surface area contributed by atoms with Crippen LogP contribution in [0.5, 0.6) is 0 Å². The number of aryl methyl sites for hydroxylation is 1. The number of amides is 1. The Hall–Kier alpha value is -2.91. The quantitative estimate of drug-likeness (QED) is 0.476. The summed E-state index contributed by atoms with van der Waals surface area (Å²) in [6.07, 6.45) is 4.21. The highest BCUT2D eigenvalue weighted by atomic mass is 35.5. The molecule has 3 rings (SSSR count). The molecule has 27 heavy (non-hydrogen) atoms. The van der Waals surface area contributed by atoms with Gasteiger partial charge in [0.2, 0.25) is 5.91 Å². The third kappa shape index (κ3) is 4.83. The molecule has 3 aromatic rings. The third-order valence-electron chi connectivity index (χ3n) is 3.69. The van der Waals surface area contributed by atoms with E-state index in [1.54, 1.807) is 35.1 Å². The van der Waals surface area contributed by atoms with E-state index < -0.39 is 4.92 Å². The van der Waals surface area contributed by atoms with E-state index in [-0.39, 0.29) is 24.6 Å². The number of carbonyl (C=O) groups excluding carboxylic acids is 1. The van der Waals surface area contributed by atoms with Crippen LogP contribution in [0.4, 0.5) is 11.5 Å². The van der Waals surface area contributed by atoms with Gasteiger partial charge in [-0.1, -0.05) is 29.3 Å². The van der Waals surface area contributed by atoms with Crippen molar-refractivity contribution in [1.29, 1.82) is 0 Å². The van der Waals surface area contributed by atoms with Gasteiger partial charge in [0.25, 0.3) is 0 Å². The van der Waals surface area contributed by atoms with Gasteiger partial charge in [0.1, 0.15) is 12.4 Å². The summed E-state index contributed by atoms with van der Waals surface area (Å²) >= 11 is 12.3. The molecule has 0 saturated carbocycles. The lowest BCUT2D eigenvalue weighted by Gasteiger charge is -2.07. The zero-order chi connectivity index (χ0) is 19.4. The minimum absolute atomic E-state index is 0.0992. The summed E-state index contributed by atoms with van der Waals surface area (Å²) in [6.45, 7) is 0.584. The molecule has 140 valence electrons. The zero-order valence-corrected chi connectivity index (χ0v) is 15.4. The van der Waals surface area contributed by atoms with Crippen LogP contribution in [-0.2, 0) is 17.9 Å². The lowest BCUT2D eigenvalue weighted by molar-refractivity contribution is -0.385. The van der Waals surface area contributed by atoms with E-state index in [0.29, 0.717) is 22.4 Å². The Morgan fingerprint density at radius 3 is 2.63 bits per heavy atom. The van der Waals surface area contributed by atoms with Gasteiger partial charge in [-0.25, -0.2) is 0 Å². The van der Waals surface area contributed by atoms with Crippen molar-refractivity contribution in [3.63, 3.8) is 0 Å². The molecular formula is C16H14Cl2N6O3. The van der Waals surface area contributed by atoms with Gasteiger partial charge in [-0.2, -0.15) is 10.2 Å². The number of hydrogen-bond acceptors (Lipinski definition) is 5. The molecule has 1 N–H and O–H groups in total. The molecule has 0 fully saturated rings. The molecule has 0 aliphatic rings. The van der Waals surface area contributed by atoms with Crippen molar-refractivity contribution < 1.29 is 9.72 Å². The van der Waals surface area contributed by atoms with Crippen LogP contribution in [0.2, 0.25) is 10.0 Å². The van der Waals surface area contributed by atoms with E-state index in [2.05, 4.69) is 15.5 Å². The topological polar surface area (TPSA) is 108 Å². The minimum Gasteiger partial charge on any atom is -0.309 e. The highest BCUT2D eigenvalue weighted by Crippen LogP contribution is 2.25. The lowest BCUT2D eigenvalue weighted by Crippen LogP contribution is -2.15. The molecule has 0 unspecified atom stereocenters. The van der Waals surface area contributed by atoms with E-state index in [1.165, 1.54) is 10.9 Å². The Labute approximate surface area is 163 Å². The number of halogens is 2. The first-order chi connectivity index (χ1) is 12.9.